The average Bonchev–Trinajstić information content (AvgIpc) is 3.60. The second kappa shape index (κ2) is 8.82. The highest BCUT2D eigenvalue weighted by Gasteiger charge is 2.46. The van der Waals surface area contributed by atoms with Crippen LogP contribution in [0.3, 0.4) is 0 Å². The number of benzene rings is 1. The number of aliphatic hydroxyl groups is 2. The number of pyridine rings is 2. The molecule has 0 unspecified atom stereocenters. The summed E-state index contributed by atoms with van der Waals surface area (Å²) in [6.45, 7) is 2.91. The molecule has 41 heavy (non-hydrogen) atoms. The van der Waals surface area contributed by atoms with Crippen molar-refractivity contribution in [3.63, 3.8) is 0 Å². The van der Waals surface area contributed by atoms with Gasteiger partial charge in [0.1, 0.15) is 24.8 Å². The minimum atomic E-state index is -1.97. The van der Waals surface area contributed by atoms with Crippen LogP contribution >= 0.6 is 0 Å². The van der Waals surface area contributed by atoms with Crippen molar-refractivity contribution < 1.29 is 33.3 Å². The molecular weight excluding hydrogens is 533 g/mol. The minimum Gasteiger partial charge on any atom is -0.458 e. The maximum atomic E-state index is 15.1. The van der Waals surface area contributed by atoms with Gasteiger partial charge < -0.3 is 29.3 Å². The van der Waals surface area contributed by atoms with Crippen molar-refractivity contribution in [1.29, 1.82) is 0 Å². The Bertz CT molecular complexity index is 1890. The van der Waals surface area contributed by atoms with E-state index in [1.54, 1.807) is 19.9 Å². The zero-order valence-electron chi connectivity index (χ0n) is 22.3. The van der Waals surface area contributed by atoms with E-state index >= 15 is 4.39 Å². The molecule has 1 amide bonds. The highest BCUT2D eigenvalue weighted by Crippen LogP contribution is 2.46. The van der Waals surface area contributed by atoms with Crippen molar-refractivity contribution >= 4 is 22.8 Å². The minimum absolute atomic E-state index is 0.0116. The number of rotatable bonds is 4. The molecule has 0 bridgehead atoms. The summed E-state index contributed by atoms with van der Waals surface area (Å²) in [4.78, 5) is 44.3. The molecule has 210 valence electrons. The molecule has 1 aliphatic carbocycles. The molecule has 2 atom stereocenters. The molecule has 3 N–H and O–H groups in total. The van der Waals surface area contributed by atoms with Crippen molar-refractivity contribution in [2.24, 2.45) is 0 Å². The number of ether oxygens (including phenoxy) is 1. The van der Waals surface area contributed by atoms with Crippen molar-refractivity contribution in [1.82, 2.24) is 14.9 Å². The van der Waals surface area contributed by atoms with Crippen LogP contribution in [0.5, 0.6) is 0 Å². The highest BCUT2D eigenvalue weighted by molar-refractivity contribution is 5.96. The molecule has 3 aliphatic rings. The first-order valence-corrected chi connectivity index (χ1v) is 13.5. The second-order valence-corrected chi connectivity index (χ2v) is 10.8. The Hall–Kier alpha value is -4.35. The number of aliphatic hydroxyl groups excluding tert-OH is 1. The Morgan fingerprint density at radius 2 is 2.05 bits per heavy atom. The zero-order chi connectivity index (χ0) is 28.8. The van der Waals surface area contributed by atoms with Crippen LogP contribution in [0.1, 0.15) is 75.5 Å². The molecule has 10 nitrogen and oxygen atoms in total. The lowest BCUT2D eigenvalue weighted by molar-refractivity contribution is -0.172. The Labute approximate surface area is 232 Å². The number of hydrogen-bond donors (Lipinski definition) is 3. The number of cyclic esters (lactones) is 1. The average molecular weight is 560 g/mol. The number of carbonyl (C=O) groups is 2. The monoisotopic (exact) mass is 559 g/mol. The predicted octanol–water partition coefficient (Wildman–Crippen LogP) is 3.03. The van der Waals surface area contributed by atoms with Gasteiger partial charge in [0.15, 0.2) is 11.4 Å². The first-order valence-electron chi connectivity index (χ1n) is 13.5. The highest BCUT2D eigenvalue weighted by atomic mass is 19.1. The smallest absolute Gasteiger partial charge is 0.343 e. The number of amides is 1. The van der Waals surface area contributed by atoms with E-state index in [0.29, 0.717) is 40.9 Å². The third-order valence-electron chi connectivity index (χ3n) is 8.72. The number of fused-ring (bicyclic) bond motifs is 5. The SMILES string of the molecule is CC[C@@]1(O)C(=O)OCc2c1cc1n(c2=O)Cc2c-1nc1cc(F)c(C)c3c1c2[C@@H](NC(=O)c1ccc(CO)o1)CC3. The molecule has 4 aromatic rings. The summed E-state index contributed by atoms with van der Waals surface area (Å²) in [6, 6.07) is 5.48. The third kappa shape index (κ3) is 3.48. The van der Waals surface area contributed by atoms with Crippen LogP contribution in [0.25, 0.3) is 22.3 Å². The number of nitrogens with one attached hydrogen (secondary N) is 1. The quantitative estimate of drug-likeness (QED) is 0.285. The van der Waals surface area contributed by atoms with Crippen LogP contribution in [-0.4, -0.2) is 31.6 Å². The number of furan rings is 1. The standard InChI is InChI=1S/C30H26FN3O7/c1-3-30(39)18-8-22-26-16(10-34(22)28(37)17(18)12-40-29(30)38)25-20(33-27(36)23-7-4-14(11-35)41-23)6-5-15-13(2)19(31)9-21(32-26)24(15)25/h4,7-9,20,35,39H,3,5-6,10-12H2,1-2H3,(H,33,36)/t20-,30-/m0/s1. The summed E-state index contributed by atoms with van der Waals surface area (Å²) in [7, 11) is 0. The molecule has 0 fully saturated rings. The third-order valence-corrected chi connectivity index (χ3v) is 8.72. The molecule has 0 saturated carbocycles. The van der Waals surface area contributed by atoms with Crippen LogP contribution < -0.4 is 10.9 Å². The first kappa shape index (κ1) is 25.6. The van der Waals surface area contributed by atoms with E-state index in [4.69, 9.17) is 14.1 Å². The van der Waals surface area contributed by atoms with E-state index in [1.807, 2.05) is 0 Å². The predicted molar refractivity (Wildman–Crippen MR) is 142 cm³/mol. The second-order valence-electron chi connectivity index (χ2n) is 10.8. The van der Waals surface area contributed by atoms with Crippen LogP contribution in [-0.2, 0) is 41.3 Å². The molecule has 1 aromatic carbocycles. The molecule has 11 heteroatoms. The van der Waals surface area contributed by atoms with E-state index in [1.165, 1.54) is 22.8 Å². The first-order chi connectivity index (χ1) is 19.7. The van der Waals surface area contributed by atoms with E-state index in [0.717, 1.165) is 16.5 Å². The lowest BCUT2D eigenvalue weighted by Crippen LogP contribution is -2.44. The fourth-order valence-electron chi connectivity index (χ4n) is 6.51. The number of nitrogens with zero attached hydrogens (tertiary/aromatic N) is 2. The molecule has 0 radical (unpaired) electrons. The molecule has 7 rings (SSSR count). The summed E-state index contributed by atoms with van der Waals surface area (Å²) < 4.78 is 27.2. The summed E-state index contributed by atoms with van der Waals surface area (Å²) in [5, 5.41) is 24.3. The Morgan fingerprint density at radius 3 is 2.78 bits per heavy atom. The molecule has 2 aliphatic heterocycles. The molecule has 0 saturated heterocycles. The van der Waals surface area contributed by atoms with Crippen LogP contribution in [0.4, 0.5) is 4.39 Å². The van der Waals surface area contributed by atoms with Crippen molar-refractivity contribution in [2.75, 3.05) is 0 Å². The lowest BCUT2D eigenvalue weighted by Gasteiger charge is -2.31. The molecule has 3 aromatic heterocycles. The van der Waals surface area contributed by atoms with Gasteiger partial charge in [-0.1, -0.05) is 6.92 Å². The van der Waals surface area contributed by atoms with Crippen molar-refractivity contribution in [2.45, 2.75) is 64.5 Å². The summed E-state index contributed by atoms with van der Waals surface area (Å²) in [6.07, 6.45) is 0.988. The fraction of sp³-hybridized carbons (Fsp3) is 0.333. The summed E-state index contributed by atoms with van der Waals surface area (Å²) in [5.41, 5.74) is 2.00. The van der Waals surface area contributed by atoms with Gasteiger partial charge in [-0.15, -0.1) is 0 Å². The number of hydrogen-bond acceptors (Lipinski definition) is 8. The number of aryl methyl sites for hydroxylation is 1. The summed E-state index contributed by atoms with van der Waals surface area (Å²) >= 11 is 0. The van der Waals surface area contributed by atoms with Gasteiger partial charge >= 0.3 is 5.97 Å². The van der Waals surface area contributed by atoms with Gasteiger partial charge in [-0.25, -0.2) is 14.2 Å². The number of carbonyl (C=O) groups excluding carboxylic acids is 2. The topological polar surface area (TPSA) is 144 Å². The van der Waals surface area contributed by atoms with E-state index in [9.17, 15) is 24.6 Å². The molecular formula is C30H26FN3O7. The number of aromatic nitrogens is 2. The summed E-state index contributed by atoms with van der Waals surface area (Å²) in [5.74, 6) is -1.38. The van der Waals surface area contributed by atoms with Crippen molar-refractivity contribution in [3.8, 4) is 11.4 Å². The number of esters is 1. The van der Waals surface area contributed by atoms with Gasteiger partial charge in [0.25, 0.3) is 11.5 Å². The van der Waals surface area contributed by atoms with E-state index in [-0.39, 0.29) is 48.8 Å². The van der Waals surface area contributed by atoms with E-state index in [2.05, 4.69) is 5.32 Å². The van der Waals surface area contributed by atoms with Gasteiger partial charge in [-0.3, -0.25) is 9.59 Å². The Morgan fingerprint density at radius 1 is 1.24 bits per heavy atom. The van der Waals surface area contributed by atoms with Crippen LogP contribution in [0.2, 0.25) is 0 Å². The van der Waals surface area contributed by atoms with Crippen LogP contribution in [0, 0.1) is 12.7 Å². The number of halogens is 1. The van der Waals surface area contributed by atoms with E-state index < -0.39 is 34.9 Å². The maximum Gasteiger partial charge on any atom is 0.343 e. The van der Waals surface area contributed by atoms with Gasteiger partial charge in [0, 0.05) is 22.6 Å². The Kier molecular flexibility index (Phi) is 5.51. The molecule has 5 heterocycles. The van der Waals surface area contributed by atoms with Gasteiger partial charge in [0.05, 0.1) is 35.1 Å². The lowest BCUT2D eigenvalue weighted by atomic mass is 9.81. The normalized spacial score (nSPS) is 20.4. The van der Waals surface area contributed by atoms with Gasteiger partial charge in [-0.2, -0.15) is 0 Å². The Balaban J connectivity index is 1.44. The zero-order valence-corrected chi connectivity index (χ0v) is 22.3. The molecule has 0 spiro atoms. The van der Waals surface area contributed by atoms with Gasteiger partial charge in [-0.05, 0) is 61.1 Å². The van der Waals surface area contributed by atoms with Crippen LogP contribution in [0.15, 0.2) is 33.5 Å². The van der Waals surface area contributed by atoms with Crippen molar-refractivity contribution in [3.05, 3.63) is 85.3 Å². The maximum absolute atomic E-state index is 15.1. The van der Waals surface area contributed by atoms with Gasteiger partial charge in [0.2, 0.25) is 0 Å². The fourth-order valence-corrected chi connectivity index (χ4v) is 6.51. The largest absolute Gasteiger partial charge is 0.458 e.